The van der Waals surface area contributed by atoms with Crippen molar-refractivity contribution in [2.75, 3.05) is 6.54 Å². The molecule has 14 heavy (non-hydrogen) atoms. The SMILES string of the molecule is CCCCNCc1cc2c(s1)CCC2. The van der Waals surface area contributed by atoms with Gasteiger partial charge >= 0.3 is 0 Å². The van der Waals surface area contributed by atoms with Gasteiger partial charge in [0, 0.05) is 16.3 Å². The van der Waals surface area contributed by atoms with Crippen molar-refractivity contribution in [3.8, 4) is 0 Å². The number of hydrogen-bond donors (Lipinski definition) is 1. The lowest BCUT2D eigenvalue weighted by Crippen LogP contribution is -2.13. The summed E-state index contributed by atoms with van der Waals surface area (Å²) in [6, 6.07) is 2.41. The standard InChI is InChI=1S/C12H19NS/c1-2-3-7-13-9-11-8-10-5-4-6-12(10)14-11/h8,13H,2-7,9H2,1H3. The molecule has 1 aromatic rings. The van der Waals surface area contributed by atoms with Crippen molar-refractivity contribution >= 4 is 11.3 Å². The summed E-state index contributed by atoms with van der Waals surface area (Å²) in [6.45, 7) is 4.48. The summed E-state index contributed by atoms with van der Waals surface area (Å²) in [6.07, 6.45) is 6.61. The van der Waals surface area contributed by atoms with E-state index in [0.29, 0.717) is 0 Å². The first-order chi connectivity index (χ1) is 6.90. The second-order valence-electron chi connectivity index (χ2n) is 4.05. The zero-order valence-electron chi connectivity index (χ0n) is 8.94. The first kappa shape index (κ1) is 10.2. The molecule has 0 amide bonds. The molecule has 0 saturated carbocycles. The topological polar surface area (TPSA) is 12.0 Å². The molecular formula is C12H19NS. The fraction of sp³-hybridized carbons (Fsp3) is 0.667. The molecule has 1 N–H and O–H groups in total. The van der Waals surface area contributed by atoms with Crippen molar-refractivity contribution < 1.29 is 0 Å². The maximum Gasteiger partial charge on any atom is 0.0299 e. The van der Waals surface area contributed by atoms with Crippen LogP contribution in [0.1, 0.15) is 41.5 Å². The van der Waals surface area contributed by atoms with Crippen LogP contribution in [0, 0.1) is 0 Å². The molecule has 0 bridgehead atoms. The lowest BCUT2D eigenvalue weighted by Gasteiger charge is -2.00. The lowest BCUT2D eigenvalue weighted by molar-refractivity contribution is 0.645. The van der Waals surface area contributed by atoms with Crippen molar-refractivity contribution in [1.82, 2.24) is 5.32 Å². The molecule has 0 unspecified atom stereocenters. The Hall–Kier alpha value is -0.340. The van der Waals surface area contributed by atoms with Crippen LogP contribution in [0.3, 0.4) is 0 Å². The Labute approximate surface area is 90.5 Å². The van der Waals surface area contributed by atoms with Crippen LogP contribution in [0.25, 0.3) is 0 Å². The molecular weight excluding hydrogens is 190 g/mol. The number of aryl methyl sites for hydroxylation is 2. The Bertz CT molecular complexity index is 269. The van der Waals surface area contributed by atoms with E-state index in [1.165, 1.54) is 43.5 Å². The Morgan fingerprint density at radius 2 is 2.36 bits per heavy atom. The molecule has 1 heterocycles. The minimum Gasteiger partial charge on any atom is -0.312 e. The third-order valence-corrected chi connectivity index (χ3v) is 4.04. The van der Waals surface area contributed by atoms with Crippen molar-refractivity contribution in [2.24, 2.45) is 0 Å². The molecule has 0 atom stereocenters. The van der Waals surface area contributed by atoms with Gasteiger partial charge in [0.05, 0.1) is 0 Å². The summed E-state index contributed by atoms with van der Waals surface area (Å²) in [5.41, 5.74) is 1.63. The first-order valence-electron chi connectivity index (χ1n) is 5.71. The summed E-state index contributed by atoms with van der Waals surface area (Å²) in [4.78, 5) is 3.18. The van der Waals surface area contributed by atoms with E-state index in [0.717, 1.165) is 6.54 Å². The zero-order chi connectivity index (χ0) is 9.80. The number of hydrogen-bond acceptors (Lipinski definition) is 2. The van der Waals surface area contributed by atoms with Crippen LogP contribution < -0.4 is 5.32 Å². The Morgan fingerprint density at radius 3 is 3.14 bits per heavy atom. The van der Waals surface area contributed by atoms with Crippen molar-refractivity contribution in [1.29, 1.82) is 0 Å². The molecule has 78 valence electrons. The van der Waals surface area contributed by atoms with Crippen LogP contribution in [0.2, 0.25) is 0 Å². The van der Waals surface area contributed by atoms with Gasteiger partial charge in [-0.15, -0.1) is 11.3 Å². The predicted molar refractivity (Wildman–Crippen MR) is 63.0 cm³/mol. The molecule has 0 radical (unpaired) electrons. The van der Waals surface area contributed by atoms with Crippen molar-refractivity contribution in [2.45, 2.75) is 45.6 Å². The molecule has 2 rings (SSSR count). The number of fused-ring (bicyclic) bond motifs is 1. The van der Waals surface area contributed by atoms with Crippen LogP contribution in [0.4, 0.5) is 0 Å². The van der Waals surface area contributed by atoms with Crippen molar-refractivity contribution in [3.05, 3.63) is 21.4 Å². The van der Waals surface area contributed by atoms with Crippen LogP contribution in [-0.2, 0) is 19.4 Å². The van der Waals surface area contributed by atoms with Gasteiger partial charge in [0.2, 0.25) is 0 Å². The van der Waals surface area contributed by atoms with Gasteiger partial charge in [-0.25, -0.2) is 0 Å². The van der Waals surface area contributed by atoms with Crippen LogP contribution in [-0.4, -0.2) is 6.54 Å². The normalized spacial score (nSPS) is 14.6. The number of thiophene rings is 1. The summed E-state index contributed by atoms with van der Waals surface area (Å²) in [5, 5.41) is 3.50. The van der Waals surface area contributed by atoms with E-state index < -0.39 is 0 Å². The van der Waals surface area contributed by atoms with Gasteiger partial charge in [-0.3, -0.25) is 0 Å². The molecule has 0 spiro atoms. The summed E-state index contributed by atoms with van der Waals surface area (Å²) >= 11 is 2.02. The minimum absolute atomic E-state index is 1.08. The molecule has 1 nitrogen and oxygen atoms in total. The summed E-state index contributed by atoms with van der Waals surface area (Å²) in [7, 11) is 0. The van der Waals surface area contributed by atoms with Gasteiger partial charge in [0.25, 0.3) is 0 Å². The van der Waals surface area contributed by atoms with Crippen LogP contribution in [0.5, 0.6) is 0 Å². The lowest BCUT2D eigenvalue weighted by atomic mass is 10.2. The van der Waals surface area contributed by atoms with Crippen molar-refractivity contribution in [3.63, 3.8) is 0 Å². The van der Waals surface area contributed by atoms with Gasteiger partial charge in [0.15, 0.2) is 0 Å². The smallest absolute Gasteiger partial charge is 0.0299 e. The molecule has 2 heteroatoms. The van der Waals surface area contributed by atoms with E-state index in [2.05, 4.69) is 18.3 Å². The van der Waals surface area contributed by atoms with Gasteiger partial charge < -0.3 is 5.32 Å². The van der Waals surface area contributed by atoms with E-state index in [9.17, 15) is 0 Å². The first-order valence-corrected chi connectivity index (χ1v) is 6.53. The fourth-order valence-electron chi connectivity index (χ4n) is 1.99. The second-order valence-corrected chi connectivity index (χ2v) is 5.27. The number of nitrogens with one attached hydrogen (secondary N) is 1. The van der Waals surface area contributed by atoms with E-state index in [1.54, 1.807) is 10.4 Å². The van der Waals surface area contributed by atoms with Gasteiger partial charge in [-0.05, 0) is 43.9 Å². The summed E-state index contributed by atoms with van der Waals surface area (Å²) < 4.78 is 0. The molecule has 1 aromatic heterocycles. The average molecular weight is 209 g/mol. The molecule has 1 aliphatic rings. The third kappa shape index (κ3) is 2.37. The summed E-state index contributed by atoms with van der Waals surface area (Å²) in [5.74, 6) is 0. The van der Waals surface area contributed by atoms with E-state index in [-0.39, 0.29) is 0 Å². The fourth-order valence-corrected chi connectivity index (χ4v) is 3.22. The quantitative estimate of drug-likeness (QED) is 0.735. The second kappa shape index (κ2) is 4.94. The predicted octanol–water partition coefficient (Wildman–Crippen LogP) is 3.13. The highest BCUT2D eigenvalue weighted by atomic mass is 32.1. The third-order valence-electron chi connectivity index (χ3n) is 2.80. The van der Waals surface area contributed by atoms with Gasteiger partial charge in [0.1, 0.15) is 0 Å². The Morgan fingerprint density at radius 1 is 1.43 bits per heavy atom. The van der Waals surface area contributed by atoms with E-state index in [1.807, 2.05) is 11.3 Å². The van der Waals surface area contributed by atoms with Crippen LogP contribution in [0.15, 0.2) is 6.07 Å². The number of rotatable bonds is 5. The minimum atomic E-state index is 1.08. The Kier molecular flexibility index (Phi) is 3.60. The van der Waals surface area contributed by atoms with E-state index >= 15 is 0 Å². The van der Waals surface area contributed by atoms with E-state index in [4.69, 9.17) is 0 Å². The zero-order valence-corrected chi connectivity index (χ0v) is 9.75. The molecule has 0 aromatic carbocycles. The van der Waals surface area contributed by atoms with Gasteiger partial charge in [-0.2, -0.15) is 0 Å². The maximum atomic E-state index is 3.50. The molecule has 0 saturated heterocycles. The average Bonchev–Trinajstić information content (AvgIpc) is 2.72. The largest absolute Gasteiger partial charge is 0.312 e. The maximum absolute atomic E-state index is 3.50. The highest BCUT2D eigenvalue weighted by molar-refractivity contribution is 7.12. The highest BCUT2D eigenvalue weighted by Crippen LogP contribution is 2.30. The Balaban J connectivity index is 1.79. The molecule has 1 aliphatic carbocycles. The molecule has 0 fully saturated rings. The number of unbranched alkanes of at least 4 members (excludes halogenated alkanes) is 1. The highest BCUT2D eigenvalue weighted by Gasteiger charge is 2.13. The molecule has 0 aliphatic heterocycles. The van der Waals surface area contributed by atoms with Crippen LogP contribution >= 0.6 is 11.3 Å². The monoisotopic (exact) mass is 209 g/mol. The van der Waals surface area contributed by atoms with Gasteiger partial charge in [-0.1, -0.05) is 13.3 Å².